The van der Waals surface area contributed by atoms with Crippen molar-refractivity contribution in [1.82, 2.24) is 9.38 Å². The third-order valence-corrected chi connectivity index (χ3v) is 4.69. The van der Waals surface area contributed by atoms with Crippen LogP contribution in [0.3, 0.4) is 0 Å². The van der Waals surface area contributed by atoms with Gasteiger partial charge in [-0.3, -0.25) is 4.40 Å². The molecule has 0 saturated carbocycles. The Morgan fingerprint density at radius 3 is 2.87 bits per heavy atom. The number of aliphatic imine (C=N–C) groups is 1. The summed E-state index contributed by atoms with van der Waals surface area (Å²) in [4.78, 5) is 9.81. The maximum Gasteiger partial charge on any atom is 0.193 e. The molecule has 5 nitrogen and oxygen atoms in total. The van der Waals surface area contributed by atoms with Crippen molar-refractivity contribution in [1.29, 1.82) is 0 Å². The average molecular weight is 327 g/mol. The number of hydrogen-bond acceptors (Lipinski definition) is 3. The van der Waals surface area contributed by atoms with Crippen LogP contribution in [-0.4, -0.2) is 15.3 Å². The van der Waals surface area contributed by atoms with Crippen LogP contribution in [0, 0.1) is 0 Å². The molecule has 3 N–H and O–H groups in total. The molecule has 23 heavy (non-hydrogen) atoms. The number of benzene rings is 1. The summed E-state index contributed by atoms with van der Waals surface area (Å²) in [6, 6.07) is 8.34. The third-order valence-electron chi connectivity index (χ3n) is 3.92. The Morgan fingerprint density at radius 2 is 2.17 bits per heavy atom. The zero-order chi connectivity index (χ0) is 16.2. The van der Waals surface area contributed by atoms with Crippen LogP contribution in [0.1, 0.15) is 37.4 Å². The van der Waals surface area contributed by atoms with Crippen LogP contribution in [0.2, 0.25) is 0 Å². The Labute approximate surface area is 139 Å². The van der Waals surface area contributed by atoms with E-state index < -0.39 is 0 Å². The number of thiazole rings is 1. The standard InChI is InChI=1S/C17H21N5S/c1-3-12(2)13-4-6-14(7-5-13)20-16(18)19-10-15-11-22-8-9-23-17(22)21-15/h4-9,11-12H,3,10H2,1-2H3,(H3,18,19,20). The maximum atomic E-state index is 5.95. The first-order valence-corrected chi connectivity index (χ1v) is 8.61. The molecule has 2 heterocycles. The van der Waals surface area contributed by atoms with E-state index in [1.54, 1.807) is 11.3 Å². The fourth-order valence-electron chi connectivity index (χ4n) is 2.34. The molecule has 6 heteroatoms. The topological polar surface area (TPSA) is 67.7 Å². The van der Waals surface area contributed by atoms with Crippen LogP contribution in [-0.2, 0) is 6.54 Å². The van der Waals surface area contributed by atoms with Gasteiger partial charge in [-0.2, -0.15) is 0 Å². The highest BCUT2D eigenvalue weighted by molar-refractivity contribution is 7.15. The van der Waals surface area contributed by atoms with Crippen molar-refractivity contribution in [2.45, 2.75) is 32.7 Å². The van der Waals surface area contributed by atoms with Gasteiger partial charge in [0.25, 0.3) is 0 Å². The van der Waals surface area contributed by atoms with Gasteiger partial charge in [0.2, 0.25) is 0 Å². The lowest BCUT2D eigenvalue weighted by Crippen LogP contribution is -2.22. The zero-order valence-corrected chi connectivity index (χ0v) is 14.2. The minimum absolute atomic E-state index is 0.401. The van der Waals surface area contributed by atoms with Crippen molar-refractivity contribution in [3.8, 4) is 0 Å². The molecule has 3 rings (SSSR count). The second-order valence-corrected chi connectivity index (χ2v) is 6.46. The van der Waals surface area contributed by atoms with Gasteiger partial charge in [0.05, 0.1) is 12.2 Å². The molecule has 1 aromatic carbocycles. The van der Waals surface area contributed by atoms with Crippen LogP contribution in [0.4, 0.5) is 5.69 Å². The second kappa shape index (κ2) is 6.83. The van der Waals surface area contributed by atoms with E-state index in [1.807, 2.05) is 34.3 Å². The number of anilines is 1. The van der Waals surface area contributed by atoms with Crippen LogP contribution in [0.15, 0.2) is 47.0 Å². The highest BCUT2D eigenvalue weighted by atomic mass is 32.1. The van der Waals surface area contributed by atoms with Crippen LogP contribution in [0.25, 0.3) is 4.96 Å². The lowest BCUT2D eigenvalue weighted by Gasteiger charge is -2.10. The van der Waals surface area contributed by atoms with E-state index in [2.05, 4.69) is 41.3 Å². The normalized spacial score (nSPS) is 13.4. The minimum Gasteiger partial charge on any atom is -0.370 e. The lowest BCUT2D eigenvalue weighted by molar-refractivity contribution is 0.734. The molecule has 0 bridgehead atoms. The summed E-state index contributed by atoms with van der Waals surface area (Å²) in [5.74, 6) is 0.975. The summed E-state index contributed by atoms with van der Waals surface area (Å²) in [5, 5.41) is 5.13. The van der Waals surface area contributed by atoms with Gasteiger partial charge in [0.1, 0.15) is 0 Å². The SMILES string of the molecule is CCC(C)c1ccc(NC(N)=NCc2cn3ccsc3n2)cc1. The number of rotatable bonds is 5. The van der Waals surface area contributed by atoms with Crippen molar-refractivity contribution < 1.29 is 0 Å². The van der Waals surface area contributed by atoms with Crippen molar-refractivity contribution in [2.24, 2.45) is 10.7 Å². The molecule has 1 unspecified atom stereocenters. The monoisotopic (exact) mass is 327 g/mol. The molecule has 0 radical (unpaired) electrons. The van der Waals surface area contributed by atoms with Gasteiger partial charge < -0.3 is 11.1 Å². The second-order valence-electron chi connectivity index (χ2n) is 5.58. The number of hydrogen-bond donors (Lipinski definition) is 2. The van der Waals surface area contributed by atoms with E-state index in [1.165, 1.54) is 5.56 Å². The van der Waals surface area contributed by atoms with Crippen molar-refractivity contribution in [2.75, 3.05) is 5.32 Å². The molecule has 2 aromatic heterocycles. The molecule has 3 aromatic rings. The number of nitrogens with zero attached hydrogens (tertiary/aromatic N) is 3. The van der Waals surface area contributed by atoms with Gasteiger partial charge in [0, 0.05) is 23.5 Å². The Kier molecular flexibility index (Phi) is 4.62. The van der Waals surface area contributed by atoms with Gasteiger partial charge in [-0.05, 0) is 30.0 Å². The van der Waals surface area contributed by atoms with E-state index in [9.17, 15) is 0 Å². The van der Waals surface area contributed by atoms with Crippen LogP contribution >= 0.6 is 11.3 Å². The smallest absolute Gasteiger partial charge is 0.193 e. The van der Waals surface area contributed by atoms with E-state index in [-0.39, 0.29) is 0 Å². The average Bonchev–Trinajstić information content (AvgIpc) is 3.14. The molecule has 120 valence electrons. The van der Waals surface area contributed by atoms with Crippen LogP contribution in [0.5, 0.6) is 0 Å². The summed E-state index contributed by atoms with van der Waals surface area (Å²) in [6.07, 6.45) is 5.10. The Hall–Kier alpha value is -2.34. The summed E-state index contributed by atoms with van der Waals surface area (Å²) < 4.78 is 1.99. The highest BCUT2D eigenvalue weighted by Gasteiger charge is 2.04. The van der Waals surface area contributed by atoms with Gasteiger partial charge in [-0.25, -0.2) is 9.98 Å². The lowest BCUT2D eigenvalue weighted by atomic mass is 9.99. The molecule has 0 aliphatic heterocycles. The number of nitrogens with one attached hydrogen (secondary N) is 1. The summed E-state index contributed by atoms with van der Waals surface area (Å²) >= 11 is 1.61. The van der Waals surface area contributed by atoms with E-state index in [4.69, 9.17) is 5.73 Å². The first kappa shape index (κ1) is 15.6. The number of nitrogens with two attached hydrogens (primary N) is 1. The van der Waals surface area contributed by atoms with Gasteiger partial charge >= 0.3 is 0 Å². The molecule has 0 fully saturated rings. The van der Waals surface area contributed by atoms with Crippen molar-refractivity contribution >= 4 is 27.9 Å². The largest absolute Gasteiger partial charge is 0.370 e. The van der Waals surface area contributed by atoms with Gasteiger partial charge in [0.15, 0.2) is 10.9 Å². The molecular weight excluding hydrogens is 306 g/mol. The van der Waals surface area contributed by atoms with Gasteiger partial charge in [-0.15, -0.1) is 11.3 Å². The summed E-state index contributed by atoms with van der Waals surface area (Å²) in [6.45, 7) is 4.90. The molecular formula is C17H21N5S. The molecule has 1 atom stereocenters. The first-order valence-electron chi connectivity index (χ1n) is 7.73. The van der Waals surface area contributed by atoms with E-state index in [0.717, 1.165) is 22.8 Å². The number of imidazole rings is 1. The Balaban J connectivity index is 1.61. The Bertz CT molecular complexity index is 771. The predicted octanol–water partition coefficient (Wildman–Crippen LogP) is 3.84. The highest BCUT2D eigenvalue weighted by Crippen LogP contribution is 2.20. The quantitative estimate of drug-likeness (QED) is 0.553. The molecule has 0 aliphatic rings. The molecule has 0 spiro atoms. The summed E-state index contributed by atoms with van der Waals surface area (Å²) in [5.41, 5.74) is 9.15. The summed E-state index contributed by atoms with van der Waals surface area (Å²) in [7, 11) is 0. The fraction of sp³-hybridized carbons (Fsp3) is 0.294. The fourth-order valence-corrected chi connectivity index (χ4v) is 3.06. The first-order chi connectivity index (χ1) is 11.2. The third kappa shape index (κ3) is 3.71. The zero-order valence-electron chi connectivity index (χ0n) is 13.4. The molecule has 0 amide bonds. The van der Waals surface area contributed by atoms with Crippen molar-refractivity contribution in [3.05, 3.63) is 53.3 Å². The Morgan fingerprint density at radius 1 is 1.39 bits per heavy atom. The molecule has 0 saturated heterocycles. The van der Waals surface area contributed by atoms with Crippen molar-refractivity contribution in [3.63, 3.8) is 0 Å². The number of aromatic nitrogens is 2. The minimum atomic E-state index is 0.401. The van der Waals surface area contributed by atoms with E-state index in [0.29, 0.717) is 18.4 Å². The van der Waals surface area contributed by atoms with E-state index >= 15 is 0 Å². The molecule has 0 aliphatic carbocycles. The van der Waals surface area contributed by atoms with Crippen LogP contribution < -0.4 is 11.1 Å². The predicted molar refractivity (Wildman–Crippen MR) is 97.2 cm³/mol. The number of guanidine groups is 1. The van der Waals surface area contributed by atoms with Gasteiger partial charge in [-0.1, -0.05) is 26.0 Å². The maximum absolute atomic E-state index is 5.95. The number of fused-ring (bicyclic) bond motifs is 1.